The maximum Gasteiger partial charge on any atom is 0.313 e. The summed E-state index contributed by atoms with van der Waals surface area (Å²) in [7, 11) is 0. The van der Waals surface area contributed by atoms with Crippen LogP contribution in [-0.2, 0) is 9.59 Å². The van der Waals surface area contributed by atoms with Crippen LogP contribution in [0.25, 0.3) is 0 Å². The van der Waals surface area contributed by atoms with E-state index in [0.717, 1.165) is 4.47 Å². The van der Waals surface area contributed by atoms with Crippen molar-refractivity contribution >= 4 is 33.4 Å². The number of likely N-dealkylation sites (tertiary alicyclic amines) is 1. The van der Waals surface area contributed by atoms with Gasteiger partial charge in [-0.15, -0.1) is 0 Å². The summed E-state index contributed by atoms with van der Waals surface area (Å²) in [4.78, 5) is 24.8. The molecular formula is C12H13BrN2O3. The van der Waals surface area contributed by atoms with Crippen molar-refractivity contribution in [2.45, 2.75) is 12.5 Å². The molecular weight excluding hydrogens is 300 g/mol. The van der Waals surface area contributed by atoms with Gasteiger partial charge in [0, 0.05) is 23.2 Å². The Balaban J connectivity index is 1.97. The molecule has 1 fully saturated rings. The van der Waals surface area contributed by atoms with Gasteiger partial charge in [0.1, 0.15) is 0 Å². The molecule has 2 amide bonds. The van der Waals surface area contributed by atoms with Crippen molar-refractivity contribution in [1.82, 2.24) is 4.90 Å². The fourth-order valence-electron chi connectivity index (χ4n) is 1.82. The van der Waals surface area contributed by atoms with Crippen molar-refractivity contribution in [2.75, 3.05) is 18.4 Å². The molecule has 0 saturated carbocycles. The van der Waals surface area contributed by atoms with Crippen LogP contribution in [0.1, 0.15) is 6.42 Å². The van der Waals surface area contributed by atoms with Crippen molar-refractivity contribution in [3.63, 3.8) is 0 Å². The summed E-state index contributed by atoms with van der Waals surface area (Å²) in [6, 6.07) is 7.01. The lowest BCUT2D eigenvalue weighted by atomic mass is 10.3. The highest BCUT2D eigenvalue weighted by molar-refractivity contribution is 9.10. The van der Waals surface area contributed by atoms with Gasteiger partial charge in [0.05, 0.1) is 6.10 Å². The molecule has 96 valence electrons. The number of aliphatic hydroxyl groups excluding tert-OH is 1. The molecule has 1 heterocycles. The van der Waals surface area contributed by atoms with Crippen LogP contribution in [0.3, 0.4) is 0 Å². The van der Waals surface area contributed by atoms with E-state index in [1.54, 1.807) is 18.2 Å². The Morgan fingerprint density at radius 3 is 2.83 bits per heavy atom. The minimum atomic E-state index is -0.679. The number of nitrogens with one attached hydrogen (secondary N) is 1. The predicted octanol–water partition coefficient (Wildman–Crippen LogP) is 0.981. The number of β-amino-alcohol motifs (C(OH)–C–C–N with tert-alkyl or cyclic N) is 1. The number of carbonyl (C=O) groups excluding carboxylic acids is 2. The smallest absolute Gasteiger partial charge is 0.313 e. The fourth-order valence-corrected chi connectivity index (χ4v) is 2.22. The molecule has 1 aromatic rings. The maximum atomic E-state index is 11.8. The SMILES string of the molecule is O=C(Nc1cccc(Br)c1)C(=O)N1CC[C@@H](O)C1. The highest BCUT2D eigenvalue weighted by Gasteiger charge is 2.28. The van der Waals surface area contributed by atoms with Gasteiger partial charge in [-0.2, -0.15) is 0 Å². The fraction of sp³-hybridized carbons (Fsp3) is 0.333. The molecule has 1 saturated heterocycles. The normalized spacial score (nSPS) is 18.8. The third-order valence-electron chi connectivity index (χ3n) is 2.73. The van der Waals surface area contributed by atoms with Crippen LogP contribution in [0, 0.1) is 0 Å². The first-order valence-corrected chi connectivity index (χ1v) is 6.39. The van der Waals surface area contributed by atoms with Crippen LogP contribution in [-0.4, -0.2) is 41.0 Å². The first-order chi connectivity index (χ1) is 8.56. The zero-order valence-corrected chi connectivity index (χ0v) is 11.2. The van der Waals surface area contributed by atoms with E-state index in [2.05, 4.69) is 21.2 Å². The van der Waals surface area contributed by atoms with Crippen LogP contribution in [0.4, 0.5) is 5.69 Å². The largest absolute Gasteiger partial charge is 0.391 e. The van der Waals surface area contributed by atoms with E-state index in [-0.39, 0.29) is 6.54 Å². The molecule has 0 aliphatic carbocycles. The summed E-state index contributed by atoms with van der Waals surface area (Å²) in [6.07, 6.45) is 0.00299. The van der Waals surface area contributed by atoms with Gasteiger partial charge < -0.3 is 15.3 Å². The molecule has 0 unspecified atom stereocenters. The molecule has 1 aliphatic heterocycles. The number of nitrogens with zero attached hydrogens (tertiary/aromatic N) is 1. The molecule has 0 radical (unpaired) electrons. The number of rotatable bonds is 1. The maximum absolute atomic E-state index is 11.8. The van der Waals surface area contributed by atoms with E-state index in [0.29, 0.717) is 18.7 Å². The lowest BCUT2D eigenvalue weighted by Gasteiger charge is -2.14. The Hall–Kier alpha value is -1.40. The zero-order chi connectivity index (χ0) is 13.1. The van der Waals surface area contributed by atoms with Crippen LogP contribution >= 0.6 is 15.9 Å². The van der Waals surface area contributed by atoms with Crippen LogP contribution in [0.2, 0.25) is 0 Å². The molecule has 2 rings (SSSR count). The van der Waals surface area contributed by atoms with E-state index >= 15 is 0 Å². The lowest BCUT2D eigenvalue weighted by Crippen LogP contribution is -2.38. The average molecular weight is 313 g/mol. The van der Waals surface area contributed by atoms with Crippen LogP contribution < -0.4 is 5.32 Å². The van der Waals surface area contributed by atoms with E-state index < -0.39 is 17.9 Å². The minimum absolute atomic E-state index is 0.227. The van der Waals surface area contributed by atoms with Crippen molar-refractivity contribution in [2.24, 2.45) is 0 Å². The Morgan fingerprint density at radius 1 is 1.44 bits per heavy atom. The number of aliphatic hydroxyl groups is 1. The Labute approximate surface area is 113 Å². The first-order valence-electron chi connectivity index (χ1n) is 5.60. The van der Waals surface area contributed by atoms with E-state index in [1.165, 1.54) is 4.90 Å². The number of benzene rings is 1. The summed E-state index contributed by atoms with van der Waals surface area (Å²) in [6.45, 7) is 0.649. The van der Waals surface area contributed by atoms with E-state index in [1.807, 2.05) is 6.07 Å². The third kappa shape index (κ3) is 3.08. The Kier molecular flexibility index (Phi) is 3.98. The van der Waals surface area contributed by atoms with Crippen molar-refractivity contribution in [3.05, 3.63) is 28.7 Å². The zero-order valence-electron chi connectivity index (χ0n) is 9.60. The first kappa shape index (κ1) is 13.0. The number of carbonyl (C=O) groups is 2. The van der Waals surface area contributed by atoms with Gasteiger partial charge in [-0.1, -0.05) is 22.0 Å². The lowest BCUT2D eigenvalue weighted by molar-refractivity contribution is -0.142. The van der Waals surface area contributed by atoms with Crippen LogP contribution in [0.15, 0.2) is 28.7 Å². The summed E-state index contributed by atoms with van der Waals surface area (Å²) < 4.78 is 0.823. The number of hydrogen-bond acceptors (Lipinski definition) is 3. The van der Waals surface area contributed by atoms with Gasteiger partial charge in [0.25, 0.3) is 0 Å². The molecule has 18 heavy (non-hydrogen) atoms. The van der Waals surface area contributed by atoms with Gasteiger partial charge in [-0.3, -0.25) is 9.59 Å². The molecule has 2 N–H and O–H groups in total. The summed E-state index contributed by atoms with van der Waals surface area (Å²) in [5.74, 6) is -1.28. The number of halogens is 1. The molecule has 1 aliphatic rings. The summed E-state index contributed by atoms with van der Waals surface area (Å²) in [5, 5.41) is 11.9. The quantitative estimate of drug-likeness (QED) is 0.760. The highest BCUT2D eigenvalue weighted by Crippen LogP contribution is 2.16. The molecule has 1 aromatic carbocycles. The molecule has 6 heteroatoms. The molecule has 0 bridgehead atoms. The van der Waals surface area contributed by atoms with Gasteiger partial charge in [0.15, 0.2) is 0 Å². The molecule has 0 spiro atoms. The van der Waals surface area contributed by atoms with E-state index in [4.69, 9.17) is 0 Å². The predicted molar refractivity (Wildman–Crippen MR) is 70.0 cm³/mol. The minimum Gasteiger partial charge on any atom is -0.391 e. The van der Waals surface area contributed by atoms with Crippen LogP contribution in [0.5, 0.6) is 0 Å². The number of amides is 2. The van der Waals surface area contributed by atoms with Crippen molar-refractivity contribution < 1.29 is 14.7 Å². The number of hydrogen-bond donors (Lipinski definition) is 2. The monoisotopic (exact) mass is 312 g/mol. The van der Waals surface area contributed by atoms with Gasteiger partial charge in [0.2, 0.25) is 0 Å². The molecule has 5 nitrogen and oxygen atoms in total. The van der Waals surface area contributed by atoms with E-state index in [9.17, 15) is 14.7 Å². The van der Waals surface area contributed by atoms with Gasteiger partial charge in [-0.25, -0.2) is 0 Å². The second-order valence-corrected chi connectivity index (χ2v) is 5.07. The summed E-state index contributed by atoms with van der Waals surface area (Å²) in [5.41, 5.74) is 0.558. The van der Waals surface area contributed by atoms with Crippen molar-refractivity contribution in [1.29, 1.82) is 0 Å². The van der Waals surface area contributed by atoms with Gasteiger partial charge >= 0.3 is 11.8 Å². The molecule has 0 aromatic heterocycles. The van der Waals surface area contributed by atoms with Gasteiger partial charge in [-0.05, 0) is 24.6 Å². The Morgan fingerprint density at radius 2 is 2.22 bits per heavy atom. The number of anilines is 1. The average Bonchev–Trinajstić information content (AvgIpc) is 2.75. The Bertz CT molecular complexity index is 478. The topological polar surface area (TPSA) is 69.6 Å². The standard InChI is InChI=1S/C12H13BrN2O3/c13-8-2-1-3-9(6-8)14-11(17)12(18)15-5-4-10(16)7-15/h1-3,6,10,16H,4-5,7H2,(H,14,17)/t10-/m1/s1. The highest BCUT2D eigenvalue weighted by atomic mass is 79.9. The second-order valence-electron chi connectivity index (χ2n) is 4.16. The molecule has 1 atom stereocenters. The third-order valence-corrected chi connectivity index (χ3v) is 3.22. The second kappa shape index (κ2) is 5.49. The summed E-state index contributed by atoms with van der Waals surface area (Å²) >= 11 is 3.28. The van der Waals surface area contributed by atoms with Crippen molar-refractivity contribution in [3.8, 4) is 0 Å².